The van der Waals surface area contributed by atoms with E-state index in [1.165, 1.54) is 18.6 Å². The molecular formula is C16H23FN2O. The number of piperidine rings is 1. The predicted molar refractivity (Wildman–Crippen MR) is 77.6 cm³/mol. The molecule has 0 radical (unpaired) electrons. The van der Waals surface area contributed by atoms with Crippen LogP contribution in [0.15, 0.2) is 24.3 Å². The van der Waals surface area contributed by atoms with Gasteiger partial charge in [-0.05, 0) is 36.0 Å². The SMILES string of the molecule is C[C@H]1C[C@H](C)CN(CC(=O)NCc2ccc(F)cc2)C1. The van der Waals surface area contributed by atoms with E-state index in [1.54, 1.807) is 12.1 Å². The number of nitrogens with one attached hydrogen (secondary N) is 1. The second kappa shape index (κ2) is 6.84. The summed E-state index contributed by atoms with van der Waals surface area (Å²) in [4.78, 5) is 14.2. The normalized spacial score (nSPS) is 23.6. The third-order valence-corrected chi connectivity index (χ3v) is 3.71. The molecule has 4 heteroatoms. The third-order valence-electron chi connectivity index (χ3n) is 3.71. The minimum Gasteiger partial charge on any atom is -0.351 e. The lowest BCUT2D eigenvalue weighted by atomic mass is 9.92. The van der Waals surface area contributed by atoms with Gasteiger partial charge in [0.2, 0.25) is 5.91 Å². The van der Waals surface area contributed by atoms with Gasteiger partial charge in [0, 0.05) is 19.6 Å². The number of benzene rings is 1. The number of rotatable bonds is 4. The van der Waals surface area contributed by atoms with Crippen LogP contribution in [-0.4, -0.2) is 30.4 Å². The van der Waals surface area contributed by atoms with Crippen molar-refractivity contribution < 1.29 is 9.18 Å². The van der Waals surface area contributed by atoms with Crippen molar-refractivity contribution in [2.24, 2.45) is 11.8 Å². The summed E-state index contributed by atoms with van der Waals surface area (Å²) in [5.74, 6) is 1.10. The largest absolute Gasteiger partial charge is 0.351 e. The molecule has 110 valence electrons. The standard InChI is InChI=1S/C16H23FN2O/c1-12-7-13(2)10-19(9-12)11-16(20)18-8-14-3-5-15(17)6-4-14/h3-6,12-13H,7-11H2,1-2H3,(H,18,20)/t12-,13-/m0/s1. The van der Waals surface area contributed by atoms with E-state index in [-0.39, 0.29) is 11.7 Å². The number of hydrogen-bond donors (Lipinski definition) is 1. The van der Waals surface area contributed by atoms with Gasteiger partial charge in [0.25, 0.3) is 0 Å². The van der Waals surface area contributed by atoms with E-state index in [1.807, 2.05) is 0 Å². The first-order valence-corrected chi connectivity index (χ1v) is 7.26. The molecular weight excluding hydrogens is 255 g/mol. The van der Waals surface area contributed by atoms with Crippen molar-refractivity contribution in [1.82, 2.24) is 10.2 Å². The molecule has 1 heterocycles. The van der Waals surface area contributed by atoms with E-state index in [0.717, 1.165) is 18.7 Å². The fourth-order valence-electron chi connectivity index (χ4n) is 2.98. The number of nitrogens with zero attached hydrogens (tertiary/aromatic N) is 1. The maximum atomic E-state index is 12.8. The Bertz CT molecular complexity index is 436. The predicted octanol–water partition coefficient (Wildman–Crippen LogP) is 2.42. The smallest absolute Gasteiger partial charge is 0.234 e. The van der Waals surface area contributed by atoms with Gasteiger partial charge in [-0.2, -0.15) is 0 Å². The second-order valence-electron chi connectivity index (χ2n) is 6.04. The minimum absolute atomic E-state index is 0.0376. The topological polar surface area (TPSA) is 32.3 Å². The van der Waals surface area contributed by atoms with Crippen LogP contribution >= 0.6 is 0 Å². The molecule has 0 unspecified atom stereocenters. The van der Waals surface area contributed by atoms with Gasteiger partial charge >= 0.3 is 0 Å². The summed E-state index contributed by atoms with van der Waals surface area (Å²) in [7, 11) is 0. The van der Waals surface area contributed by atoms with Gasteiger partial charge in [0.05, 0.1) is 6.54 Å². The highest BCUT2D eigenvalue weighted by Gasteiger charge is 2.22. The van der Waals surface area contributed by atoms with Gasteiger partial charge in [-0.1, -0.05) is 26.0 Å². The Hall–Kier alpha value is -1.42. The van der Waals surface area contributed by atoms with Crippen molar-refractivity contribution >= 4 is 5.91 Å². The molecule has 0 aromatic heterocycles. The van der Waals surface area contributed by atoms with Crippen molar-refractivity contribution in [2.75, 3.05) is 19.6 Å². The van der Waals surface area contributed by atoms with Crippen LogP contribution < -0.4 is 5.32 Å². The summed E-state index contributed by atoms with van der Waals surface area (Å²) in [6.07, 6.45) is 1.24. The fourth-order valence-corrected chi connectivity index (χ4v) is 2.98. The Balaban J connectivity index is 1.76. The molecule has 1 aromatic rings. The molecule has 20 heavy (non-hydrogen) atoms. The highest BCUT2D eigenvalue weighted by atomic mass is 19.1. The van der Waals surface area contributed by atoms with Crippen LogP contribution in [0.3, 0.4) is 0 Å². The molecule has 0 saturated carbocycles. The van der Waals surface area contributed by atoms with Crippen LogP contribution in [-0.2, 0) is 11.3 Å². The van der Waals surface area contributed by atoms with Crippen LogP contribution in [0, 0.1) is 17.7 Å². The Morgan fingerprint density at radius 3 is 2.45 bits per heavy atom. The molecule has 2 atom stereocenters. The van der Waals surface area contributed by atoms with Crippen molar-refractivity contribution in [3.05, 3.63) is 35.6 Å². The quantitative estimate of drug-likeness (QED) is 0.917. The highest BCUT2D eigenvalue weighted by molar-refractivity contribution is 5.78. The van der Waals surface area contributed by atoms with Crippen LogP contribution in [0.4, 0.5) is 4.39 Å². The zero-order valence-electron chi connectivity index (χ0n) is 12.2. The lowest BCUT2D eigenvalue weighted by molar-refractivity contribution is -0.123. The van der Waals surface area contributed by atoms with E-state index in [4.69, 9.17) is 0 Å². The molecule has 0 bridgehead atoms. The molecule has 1 fully saturated rings. The van der Waals surface area contributed by atoms with E-state index in [9.17, 15) is 9.18 Å². The highest BCUT2D eigenvalue weighted by Crippen LogP contribution is 2.20. The van der Waals surface area contributed by atoms with E-state index in [2.05, 4.69) is 24.1 Å². The first kappa shape index (κ1) is 15.0. The maximum Gasteiger partial charge on any atom is 0.234 e. The Morgan fingerprint density at radius 1 is 1.25 bits per heavy atom. The second-order valence-corrected chi connectivity index (χ2v) is 6.04. The number of amides is 1. The third kappa shape index (κ3) is 4.60. The van der Waals surface area contributed by atoms with Crippen molar-refractivity contribution in [1.29, 1.82) is 0 Å². The van der Waals surface area contributed by atoms with Gasteiger partial charge in [-0.25, -0.2) is 4.39 Å². The number of carbonyl (C=O) groups is 1. The molecule has 3 nitrogen and oxygen atoms in total. The molecule has 1 saturated heterocycles. The summed E-state index contributed by atoms with van der Waals surface area (Å²) in [5.41, 5.74) is 0.917. The summed E-state index contributed by atoms with van der Waals surface area (Å²) < 4.78 is 12.8. The van der Waals surface area contributed by atoms with E-state index in [0.29, 0.717) is 24.9 Å². The average molecular weight is 278 g/mol. The fraction of sp³-hybridized carbons (Fsp3) is 0.562. The molecule has 1 aliphatic heterocycles. The molecule has 0 spiro atoms. The minimum atomic E-state index is -0.253. The van der Waals surface area contributed by atoms with Crippen LogP contribution in [0.1, 0.15) is 25.8 Å². The molecule has 1 aliphatic rings. The van der Waals surface area contributed by atoms with Gasteiger partial charge < -0.3 is 5.32 Å². The maximum absolute atomic E-state index is 12.8. The average Bonchev–Trinajstić information content (AvgIpc) is 2.37. The number of carbonyl (C=O) groups excluding carboxylic acids is 1. The summed E-state index contributed by atoms with van der Waals surface area (Å²) >= 11 is 0. The zero-order valence-corrected chi connectivity index (χ0v) is 12.2. The Labute approximate surface area is 120 Å². The lowest BCUT2D eigenvalue weighted by Gasteiger charge is -2.34. The van der Waals surface area contributed by atoms with Gasteiger partial charge in [0.1, 0.15) is 5.82 Å². The van der Waals surface area contributed by atoms with Gasteiger partial charge in [-0.15, -0.1) is 0 Å². The number of likely N-dealkylation sites (tertiary alicyclic amines) is 1. The van der Waals surface area contributed by atoms with Crippen molar-refractivity contribution in [2.45, 2.75) is 26.8 Å². The molecule has 1 aromatic carbocycles. The van der Waals surface area contributed by atoms with Crippen LogP contribution in [0.2, 0.25) is 0 Å². The monoisotopic (exact) mass is 278 g/mol. The first-order chi connectivity index (χ1) is 9.52. The molecule has 2 rings (SSSR count). The van der Waals surface area contributed by atoms with E-state index >= 15 is 0 Å². The summed E-state index contributed by atoms with van der Waals surface area (Å²) in [6.45, 7) is 7.37. The van der Waals surface area contributed by atoms with Crippen LogP contribution in [0.25, 0.3) is 0 Å². The van der Waals surface area contributed by atoms with E-state index < -0.39 is 0 Å². The first-order valence-electron chi connectivity index (χ1n) is 7.26. The molecule has 0 aliphatic carbocycles. The lowest BCUT2D eigenvalue weighted by Crippen LogP contribution is -2.44. The Kier molecular flexibility index (Phi) is 5.12. The molecule has 1 amide bonds. The van der Waals surface area contributed by atoms with Gasteiger partial charge in [-0.3, -0.25) is 9.69 Å². The zero-order chi connectivity index (χ0) is 14.5. The summed E-state index contributed by atoms with van der Waals surface area (Å²) in [5, 5.41) is 2.89. The van der Waals surface area contributed by atoms with Gasteiger partial charge in [0.15, 0.2) is 0 Å². The number of hydrogen-bond acceptors (Lipinski definition) is 2. The summed E-state index contributed by atoms with van der Waals surface area (Å²) in [6, 6.07) is 6.21. The van der Waals surface area contributed by atoms with Crippen LogP contribution in [0.5, 0.6) is 0 Å². The Morgan fingerprint density at radius 2 is 1.85 bits per heavy atom. The van der Waals surface area contributed by atoms with Crippen molar-refractivity contribution in [3.63, 3.8) is 0 Å². The van der Waals surface area contributed by atoms with Crippen molar-refractivity contribution in [3.8, 4) is 0 Å². The number of halogens is 1. The molecule has 1 N–H and O–H groups in total.